The minimum Gasteiger partial charge on any atom is -0.479 e. The van der Waals surface area contributed by atoms with Gasteiger partial charge in [-0.2, -0.15) is 0 Å². The molecule has 0 radical (unpaired) electrons. The van der Waals surface area contributed by atoms with Crippen LogP contribution in [0.2, 0.25) is 10.0 Å². The lowest BCUT2D eigenvalue weighted by Gasteiger charge is -2.18. The zero-order chi connectivity index (χ0) is 16.9. The van der Waals surface area contributed by atoms with Gasteiger partial charge in [0.05, 0.1) is 23.1 Å². The van der Waals surface area contributed by atoms with Crippen LogP contribution in [-0.2, 0) is 9.59 Å². The van der Waals surface area contributed by atoms with Crippen LogP contribution < -0.4 is 10.6 Å². The molecule has 0 saturated carbocycles. The van der Waals surface area contributed by atoms with E-state index in [1.54, 1.807) is 0 Å². The maximum atomic E-state index is 11.8. The number of carboxylic acid groups (broad SMARTS) is 1. The van der Waals surface area contributed by atoms with Crippen molar-refractivity contribution < 1.29 is 24.6 Å². The predicted octanol–water partition coefficient (Wildman–Crippen LogP) is 0.675. The van der Waals surface area contributed by atoms with Crippen LogP contribution in [0, 0.1) is 0 Å². The third-order valence-electron chi connectivity index (χ3n) is 2.68. The summed E-state index contributed by atoms with van der Waals surface area (Å²) in [6.07, 6.45) is 0. The minimum atomic E-state index is -2.08. The number of aliphatic carboxylic acids is 1. The molecule has 0 bridgehead atoms. The molecule has 2 amide bonds. The van der Waals surface area contributed by atoms with Crippen molar-refractivity contribution in [1.82, 2.24) is 10.6 Å². The van der Waals surface area contributed by atoms with Crippen LogP contribution in [0.15, 0.2) is 18.2 Å². The Bertz CT molecular complexity index is 604. The van der Waals surface area contributed by atoms with Gasteiger partial charge in [0.25, 0.3) is 5.91 Å². The van der Waals surface area contributed by atoms with E-state index in [4.69, 9.17) is 28.3 Å². The number of carbonyl (C=O) groups excluding carboxylic acids is 2. The number of hydrogen-bond donors (Lipinski definition) is 4. The first-order chi connectivity index (χ1) is 10.1. The van der Waals surface area contributed by atoms with Gasteiger partial charge in [0, 0.05) is 5.56 Å². The second-order valence-corrected chi connectivity index (χ2v) is 5.48. The van der Waals surface area contributed by atoms with Gasteiger partial charge in [-0.15, -0.1) is 0 Å². The molecule has 1 aromatic rings. The molecule has 0 fully saturated rings. The van der Waals surface area contributed by atoms with E-state index < -0.39 is 29.9 Å². The molecule has 22 heavy (non-hydrogen) atoms. The van der Waals surface area contributed by atoms with Gasteiger partial charge in [-0.3, -0.25) is 9.59 Å². The summed E-state index contributed by atoms with van der Waals surface area (Å²) < 4.78 is 0. The number of nitrogens with one attached hydrogen (secondary N) is 2. The van der Waals surface area contributed by atoms with Crippen molar-refractivity contribution in [3.05, 3.63) is 33.8 Å². The molecule has 1 rings (SSSR count). The predicted molar refractivity (Wildman–Crippen MR) is 80.1 cm³/mol. The Morgan fingerprint density at radius 1 is 1.18 bits per heavy atom. The smallest absolute Gasteiger partial charge is 0.337 e. The molecular formula is C13H14Cl2N2O5. The minimum absolute atomic E-state index is 0.205. The number of benzene rings is 1. The quantitative estimate of drug-likeness (QED) is 0.603. The van der Waals surface area contributed by atoms with Gasteiger partial charge in [0.1, 0.15) is 0 Å². The first kappa shape index (κ1) is 18.2. The summed E-state index contributed by atoms with van der Waals surface area (Å²) in [5.74, 6) is -2.65. The van der Waals surface area contributed by atoms with Crippen LogP contribution in [0.5, 0.6) is 0 Å². The van der Waals surface area contributed by atoms with Crippen molar-refractivity contribution in [3.63, 3.8) is 0 Å². The molecule has 0 aliphatic rings. The highest BCUT2D eigenvalue weighted by Gasteiger charge is 2.30. The normalized spacial score (nSPS) is 13.1. The molecule has 4 N–H and O–H groups in total. The van der Waals surface area contributed by atoms with Gasteiger partial charge in [-0.1, -0.05) is 23.2 Å². The van der Waals surface area contributed by atoms with Crippen LogP contribution >= 0.6 is 23.2 Å². The van der Waals surface area contributed by atoms with Gasteiger partial charge in [-0.25, -0.2) is 4.79 Å². The highest BCUT2D eigenvalue weighted by atomic mass is 35.5. The van der Waals surface area contributed by atoms with Gasteiger partial charge >= 0.3 is 5.97 Å². The van der Waals surface area contributed by atoms with E-state index in [9.17, 15) is 19.5 Å². The fourth-order valence-corrected chi connectivity index (χ4v) is 1.61. The Hall–Kier alpha value is -1.83. The van der Waals surface area contributed by atoms with E-state index in [1.165, 1.54) is 18.2 Å². The number of hydrogen-bond acceptors (Lipinski definition) is 4. The standard InChI is InChI=1S/C13H14Cl2N2O5/c1-13(22,12(20)21)6-17-10(18)5-16-11(19)7-2-3-8(14)9(15)4-7/h2-4,22H,5-6H2,1H3,(H,16,19)(H,17,18)(H,20,21). The zero-order valence-electron chi connectivity index (χ0n) is 11.5. The van der Waals surface area contributed by atoms with E-state index in [0.29, 0.717) is 5.02 Å². The summed E-state index contributed by atoms with van der Waals surface area (Å²) >= 11 is 11.5. The van der Waals surface area contributed by atoms with Crippen molar-refractivity contribution in [3.8, 4) is 0 Å². The Balaban J connectivity index is 2.48. The summed E-state index contributed by atoms with van der Waals surface area (Å²) in [7, 11) is 0. The lowest BCUT2D eigenvalue weighted by molar-refractivity contribution is -0.156. The Kier molecular flexibility index (Phi) is 6.16. The Morgan fingerprint density at radius 3 is 2.36 bits per heavy atom. The van der Waals surface area contributed by atoms with Crippen molar-refractivity contribution in [2.45, 2.75) is 12.5 Å². The summed E-state index contributed by atoms with van der Waals surface area (Å²) in [5.41, 5.74) is -1.86. The number of halogens is 2. The number of aliphatic hydroxyl groups is 1. The third-order valence-corrected chi connectivity index (χ3v) is 3.42. The zero-order valence-corrected chi connectivity index (χ0v) is 13.0. The molecule has 0 saturated heterocycles. The molecule has 0 heterocycles. The van der Waals surface area contributed by atoms with Crippen LogP contribution in [0.25, 0.3) is 0 Å². The highest BCUT2D eigenvalue weighted by molar-refractivity contribution is 6.42. The molecule has 0 aliphatic carbocycles. The largest absolute Gasteiger partial charge is 0.479 e. The highest BCUT2D eigenvalue weighted by Crippen LogP contribution is 2.22. The van der Waals surface area contributed by atoms with Crippen molar-refractivity contribution in [2.24, 2.45) is 0 Å². The summed E-state index contributed by atoms with van der Waals surface area (Å²) in [4.78, 5) is 33.9. The molecule has 1 atom stereocenters. The maximum Gasteiger partial charge on any atom is 0.337 e. The van der Waals surface area contributed by atoms with Gasteiger partial charge in [0.15, 0.2) is 5.60 Å². The average molecular weight is 349 g/mol. The van der Waals surface area contributed by atoms with Gasteiger partial charge < -0.3 is 20.8 Å². The van der Waals surface area contributed by atoms with Crippen molar-refractivity contribution >= 4 is 41.0 Å². The lowest BCUT2D eigenvalue weighted by atomic mass is 10.1. The number of carbonyl (C=O) groups is 3. The molecule has 9 heteroatoms. The summed E-state index contributed by atoms with van der Waals surface area (Å²) in [6.45, 7) is 0.183. The van der Waals surface area contributed by atoms with Crippen LogP contribution in [0.3, 0.4) is 0 Å². The van der Waals surface area contributed by atoms with Crippen LogP contribution in [0.4, 0.5) is 0 Å². The molecule has 1 aromatic carbocycles. The molecule has 0 aliphatic heterocycles. The second-order valence-electron chi connectivity index (χ2n) is 4.67. The fraction of sp³-hybridized carbons (Fsp3) is 0.308. The summed E-state index contributed by atoms with van der Waals surface area (Å²) in [5, 5.41) is 23.1. The fourth-order valence-electron chi connectivity index (χ4n) is 1.31. The maximum absolute atomic E-state index is 11.8. The Labute approximate surface area is 136 Å². The average Bonchev–Trinajstić information content (AvgIpc) is 2.45. The van der Waals surface area contributed by atoms with E-state index >= 15 is 0 Å². The van der Waals surface area contributed by atoms with Gasteiger partial charge in [-0.05, 0) is 25.1 Å². The monoisotopic (exact) mass is 348 g/mol. The van der Waals surface area contributed by atoms with E-state index in [-0.39, 0.29) is 17.1 Å². The molecule has 120 valence electrons. The van der Waals surface area contributed by atoms with E-state index in [0.717, 1.165) is 6.92 Å². The molecule has 7 nitrogen and oxygen atoms in total. The Morgan fingerprint density at radius 2 is 1.82 bits per heavy atom. The van der Waals surface area contributed by atoms with Crippen LogP contribution in [-0.4, -0.2) is 46.7 Å². The van der Waals surface area contributed by atoms with Crippen molar-refractivity contribution in [2.75, 3.05) is 13.1 Å². The number of carboxylic acids is 1. The second kappa shape index (κ2) is 7.44. The number of amides is 2. The van der Waals surface area contributed by atoms with Crippen molar-refractivity contribution in [1.29, 1.82) is 0 Å². The molecule has 0 aromatic heterocycles. The molecular weight excluding hydrogens is 335 g/mol. The SMILES string of the molecule is CC(O)(CNC(=O)CNC(=O)c1ccc(Cl)c(Cl)c1)C(=O)O. The van der Waals surface area contributed by atoms with Crippen LogP contribution in [0.1, 0.15) is 17.3 Å². The third kappa shape index (κ3) is 5.18. The lowest BCUT2D eigenvalue weighted by Crippen LogP contribution is -2.48. The van der Waals surface area contributed by atoms with E-state index in [2.05, 4.69) is 10.6 Å². The molecule has 0 spiro atoms. The topological polar surface area (TPSA) is 116 Å². The molecule has 1 unspecified atom stereocenters. The first-order valence-electron chi connectivity index (χ1n) is 6.09. The number of rotatable bonds is 6. The van der Waals surface area contributed by atoms with E-state index in [1.807, 2.05) is 0 Å². The summed E-state index contributed by atoms with van der Waals surface area (Å²) in [6, 6.07) is 4.24. The van der Waals surface area contributed by atoms with Gasteiger partial charge in [0.2, 0.25) is 5.91 Å². The first-order valence-corrected chi connectivity index (χ1v) is 6.85.